The maximum atomic E-state index is 9.41. The Morgan fingerprint density at radius 1 is 1.00 bits per heavy atom. The van der Waals surface area contributed by atoms with Gasteiger partial charge in [0.15, 0.2) is 0 Å². The molecule has 0 aromatic heterocycles. The molecule has 0 amide bonds. The molecule has 0 unspecified atom stereocenters. The van der Waals surface area contributed by atoms with E-state index in [1.807, 2.05) is 0 Å². The van der Waals surface area contributed by atoms with Crippen LogP contribution in [0.5, 0.6) is 0 Å². The fourth-order valence-electron chi connectivity index (χ4n) is 0.136. The van der Waals surface area contributed by atoms with Gasteiger partial charge >= 0.3 is 65.1 Å². The molecular formula is C7H6Na2O6. The van der Waals surface area contributed by atoms with Gasteiger partial charge in [0.2, 0.25) is 0 Å². The van der Waals surface area contributed by atoms with Crippen LogP contribution in [0.1, 0.15) is 0 Å². The number of carbonyl (C=O) groups excluding carboxylic acids is 2. The zero-order chi connectivity index (χ0) is 10.9. The van der Waals surface area contributed by atoms with Crippen molar-refractivity contribution in [2.75, 3.05) is 0 Å². The SMILES string of the molecule is C=CC(=O)O.O=C([O-])C=CC(=O)[O-].[Na+].[Na+]. The van der Waals surface area contributed by atoms with E-state index in [9.17, 15) is 24.6 Å². The molecule has 6 nitrogen and oxygen atoms in total. The molecule has 0 aliphatic heterocycles. The summed E-state index contributed by atoms with van der Waals surface area (Å²) in [6.07, 6.45) is 1.60. The van der Waals surface area contributed by atoms with Crippen LogP contribution in [0, 0.1) is 0 Å². The monoisotopic (exact) mass is 232 g/mol. The van der Waals surface area contributed by atoms with Crippen LogP contribution < -0.4 is 69.3 Å². The number of carbonyl (C=O) groups is 3. The smallest absolute Gasteiger partial charge is 0.545 e. The van der Waals surface area contributed by atoms with Crippen LogP contribution >= 0.6 is 0 Å². The van der Waals surface area contributed by atoms with Crippen LogP contribution in [0.4, 0.5) is 0 Å². The zero-order valence-corrected chi connectivity index (χ0v) is 12.4. The molecule has 0 aromatic carbocycles. The molecule has 0 atom stereocenters. The summed E-state index contributed by atoms with van der Waals surface area (Å²) in [5.74, 6) is -4.08. The number of rotatable bonds is 3. The number of hydrogen-bond acceptors (Lipinski definition) is 5. The molecule has 0 radical (unpaired) electrons. The van der Waals surface area contributed by atoms with Gasteiger partial charge in [-0.25, -0.2) is 4.79 Å². The summed E-state index contributed by atoms with van der Waals surface area (Å²) in [5, 5.41) is 26.4. The number of carboxylic acids is 3. The molecule has 0 saturated carbocycles. The van der Waals surface area contributed by atoms with Gasteiger partial charge in [-0.3, -0.25) is 0 Å². The Bertz CT molecular complexity index is 232. The molecule has 0 bridgehead atoms. The van der Waals surface area contributed by atoms with Crippen LogP contribution in [-0.2, 0) is 14.4 Å². The average Bonchev–Trinajstić information content (AvgIpc) is 2.02. The summed E-state index contributed by atoms with van der Waals surface area (Å²) in [6, 6.07) is 0. The topological polar surface area (TPSA) is 118 Å². The summed E-state index contributed by atoms with van der Waals surface area (Å²) in [5.41, 5.74) is 0. The van der Waals surface area contributed by atoms with Gasteiger partial charge in [-0.05, 0) is 12.2 Å². The summed E-state index contributed by atoms with van der Waals surface area (Å²) in [4.78, 5) is 28.1. The zero-order valence-electron chi connectivity index (χ0n) is 8.43. The second-order valence-corrected chi connectivity index (χ2v) is 1.51. The molecule has 0 aliphatic carbocycles. The second-order valence-electron chi connectivity index (χ2n) is 1.51. The Hall–Kier alpha value is -0.110. The van der Waals surface area contributed by atoms with Crippen molar-refractivity contribution in [1.82, 2.24) is 0 Å². The van der Waals surface area contributed by atoms with Crippen LogP contribution in [0.15, 0.2) is 24.8 Å². The quantitative estimate of drug-likeness (QED) is 0.381. The Morgan fingerprint density at radius 3 is 1.27 bits per heavy atom. The summed E-state index contributed by atoms with van der Waals surface area (Å²) >= 11 is 0. The number of hydrogen-bond donors (Lipinski definition) is 1. The van der Waals surface area contributed by atoms with E-state index >= 15 is 0 Å². The van der Waals surface area contributed by atoms with Gasteiger partial charge in [-0.1, -0.05) is 6.58 Å². The number of carboxylic acid groups (broad SMARTS) is 3. The van der Waals surface area contributed by atoms with E-state index in [4.69, 9.17) is 5.11 Å². The Balaban J connectivity index is -0.0000000770. The molecule has 0 aromatic rings. The predicted octanol–water partition coefficient (Wildman–Crippen LogP) is -8.69. The van der Waals surface area contributed by atoms with Crippen molar-refractivity contribution in [3.05, 3.63) is 24.8 Å². The fraction of sp³-hybridized carbons (Fsp3) is 0. The van der Waals surface area contributed by atoms with Crippen molar-refractivity contribution in [2.45, 2.75) is 0 Å². The van der Waals surface area contributed by atoms with Crippen molar-refractivity contribution in [3.8, 4) is 0 Å². The third-order valence-corrected chi connectivity index (χ3v) is 0.530. The van der Waals surface area contributed by atoms with Crippen molar-refractivity contribution < 1.29 is 88.8 Å². The van der Waals surface area contributed by atoms with Crippen molar-refractivity contribution >= 4 is 17.9 Å². The summed E-state index contributed by atoms with van der Waals surface area (Å²) in [6.45, 7) is 2.96. The first kappa shape index (κ1) is 24.2. The van der Waals surface area contributed by atoms with Gasteiger partial charge in [-0.15, -0.1) is 0 Å². The van der Waals surface area contributed by atoms with Gasteiger partial charge in [-0.2, -0.15) is 0 Å². The molecule has 0 spiro atoms. The summed E-state index contributed by atoms with van der Waals surface area (Å²) in [7, 11) is 0. The van der Waals surface area contributed by atoms with E-state index in [0.29, 0.717) is 12.2 Å². The van der Waals surface area contributed by atoms with Crippen molar-refractivity contribution in [1.29, 1.82) is 0 Å². The molecule has 15 heavy (non-hydrogen) atoms. The van der Waals surface area contributed by atoms with Gasteiger partial charge in [0.25, 0.3) is 0 Å². The molecule has 0 saturated heterocycles. The van der Waals surface area contributed by atoms with E-state index in [1.54, 1.807) is 0 Å². The normalized spacial score (nSPS) is 7.20. The molecule has 0 aliphatic rings. The number of aliphatic carboxylic acids is 3. The van der Waals surface area contributed by atoms with Crippen LogP contribution in [-0.4, -0.2) is 23.0 Å². The van der Waals surface area contributed by atoms with E-state index in [-0.39, 0.29) is 59.1 Å². The van der Waals surface area contributed by atoms with Crippen LogP contribution in [0.2, 0.25) is 0 Å². The third kappa shape index (κ3) is 41.4. The van der Waals surface area contributed by atoms with Crippen LogP contribution in [0.3, 0.4) is 0 Å². The Kier molecular flexibility index (Phi) is 26.4. The minimum Gasteiger partial charge on any atom is -0.545 e. The van der Waals surface area contributed by atoms with E-state index in [2.05, 4.69) is 6.58 Å². The van der Waals surface area contributed by atoms with E-state index in [0.717, 1.165) is 6.08 Å². The van der Waals surface area contributed by atoms with Crippen molar-refractivity contribution in [3.63, 3.8) is 0 Å². The standard InChI is InChI=1S/C4H4O4.C3H4O2.2Na/c5-3(6)1-2-4(7)8;1-2-3(4)5;;/h1-2H,(H,5,6)(H,7,8);2H,1H2,(H,4,5);;/q;;2*+1/p-2. The van der Waals surface area contributed by atoms with Gasteiger partial charge in [0, 0.05) is 6.08 Å². The molecule has 1 N–H and O–H groups in total. The molecule has 0 rings (SSSR count). The maximum Gasteiger partial charge on any atom is 1.00 e. The van der Waals surface area contributed by atoms with Crippen LogP contribution in [0.25, 0.3) is 0 Å². The first-order valence-electron chi connectivity index (χ1n) is 2.85. The molecule has 0 fully saturated rings. The first-order valence-corrected chi connectivity index (χ1v) is 2.85. The van der Waals surface area contributed by atoms with E-state index in [1.165, 1.54) is 0 Å². The fourth-order valence-corrected chi connectivity index (χ4v) is 0.136. The molecule has 8 heteroatoms. The third-order valence-electron chi connectivity index (χ3n) is 0.530. The Morgan fingerprint density at radius 2 is 1.20 bits per heavy atom. The molecule has 0 heterocycles. The molecular weight excluding hydrogens is 226 g/mol. The minimum atomic E-state index is -1.55. The van der Waals surface area contributed by atoms with E-state index < -0.39 is 17.9 Å². The largest absolute Gasteiger partial charge is 1.00 e. The maximum absolute atomic E-state index is 9.41. The average molecular weight is 232 g/mol. The van der Waals surface area contributed by atoms with Gasteiger partial charge in [0.1, 0.15) is 0 Å². The second kappa shape index (κ2) is 16.3. The van der Waals surface area contributed by atoms with Gasteiger partial charge in [0.05, 0.1) is 11.9 Å². The minimum absolute atomic E-state index is 0. The predicted molar refractivity (Wildman–Crippen MR) is 37.0 cm³/mol. The molecule has 72 valence electrons. The first-order chi connectivity index (χ1) is 5.90. The summed E-state index contributed by atoms with van der Waals surface area (Å²) < 4.78 is 0. The Labute approximate surface area is 130 Å². The van der Waals surface area contributed by atoms with Gasteiger partial charge < -0.3 is 24.9 Å². The van der Waals surface area contributed by atoms with Crippen molar-refractivity contribution in [2.24, 2.45) is 0 Å².